The van der Waals surface area contributed by atoms with Gasteiger partial charge in [-0.25, -0.2) is 4.98 Å². The molecule has 0 aliphatic rings. The highest BCUT2D eigenvalue weighted by molar-refractivity contribution is 9.10. The molecule has 1 N–H and O–H groups in total. The van der Waals surface area contributed by atoms with Gasteiger partial charge < -0.3 is 5.32 Å². The standard InChI is InChI=1S/C16H20BrN3O2S/c1-3-12(4-2)19-15(21)10-23-9-13-7-16(22)20-8-11(17)5-6-14(20)18-13/h5-8,12H,3-4,9-10H2,1-2H3,(H,19,21). The number of nitrogens with one attached hydrogen (secondary N) is 1. The smallest absolute Gasteiger partial charge is 0.258 e. The lowest BCUT2D eigenvalue weighted by atomic mass is 10.2. The maximum absolute atomic E-state index is 12.1. The van der Waals surface area contributed by atoms with Gasteiger partial charge in [-0.15, -0.1) is 11.8 Å². The summed E-state index contributed by atoms with van der Waals surface area (Å²) in [4.78, 5) is 28.4. The number of hydrogen-bond donors (Lipinski definition) is 1. The molecule has 0 saturated heterocycles. The highest BCUT2D eigenvalue weighted by atomic mass is 79.9. The molecule has 23 heavy (non-hydrogen) atoms. The number of carbonyl (C=O) groups excluding carboxylic acids is 1. The first-order chi connectivity index (χ1) is 11.0. The van der Waals surface area contributed by atoms with Crippen molar-refractivity contribution in [2.75, 3.05) is 5.75 Å². The topological polar surface area (TPSA) is 63.5 Å². The second-order valence-corrected chi connectivity index (χ2v) is 7.14. The van der Waals surface area contributed by atoms with E-state index in [1.165, 1.54) is 22.2 Å². The van der Waals surface area contributed by atoms with E-state index in [4.69, 9.17) is 0 Å². The molecule has 2 heterocycles. The average Bonchev–Trinajstić information content (AvgIpc) is 2.53. The van der Waals surface area contributed by atoms with Crippen molar-refractivity contribution in [3.63, 3.8) is 0 Å². The second kappa shape index (κ2) is 8.49. The molecule has 124 valence electrons. The van der Waals surface area contributed by atoms with Crippen LogP contribution in [0.5, 0.6) is 0 Å². The van der Waals surface area contributed by atoms with Crippen LogP contribution in [0.25, 0.3) is 5.65 Å². The molecule has 7 heteroatoms. The van der Waals surface area contributed by atoms with Crippen molar-refractivity contribution in [1.29, 1.82) is 0 Å². The van der Waals surface area contributed by atoms with Crippen LogP contribution >= 0.6 is 27.7 Å². The number of carbonyl (C=O) groups is 1. The van der Waals surface area contributed by atoms with Crippen molar-refractivity contribution in [3.8, 4) is 0 Å². The minimum absolute atomic E-state index is 0.0325. The molecule has 0 bridgehead atoms. The molecule has 0 aliphatic heterocycles. The fourth-order valence-electron chi connectivity index (χ4n) is 2.21. The zero-order chi connectivity index (χ0) is 16.8. The number of aromatic nitrogens is 2. The lowest BCUT2D eigenvalue weighted by molar-refractivity contribution is -0.119. The predicted octanol–water partition coefficient (Wildman–Crippen LogP) is 3.00. The zero-order valence-electron chi connectivity index (χ0n) is 13.2. The van der Waals surface area contributed by atoms with Gasteiger partial charge in [0.1, 0.15) is 5.65 Å². The molecule has 1 amide bonds. The molecule has 0 radical (unpaired) electrons. The molecule has 0 atom stereocenters. The Kier molecular flexibility index (Phi) is 6.65. The summed E-state index contributed by atoms with van der Waals surface area (Å²) in [5.41, 5.74) is 1.18. The number of nitrogens with zero attached hydrogens (tertiary/aromatic N) is 2. The van der Waals surface area contributed by atoms with Gasteiger partial charge in [0.25, 0.3) is 5.56 Å². The average molecular weight is 398 g/mol. The van der Waals surface area contributed by atoms with E-state index in [1.54, 1.807) is 12.3 Å². The number of thioether (sulfide) groups is 1. The Morgan fingerprint density at radius 2 is 2.13 bits per heavy atom. The molecule has 0 fully saturated rings. The Hall–Kier alpha value is -1.34. The van der Waals surface area contributed by atoms with Gasteiger partial charge in [-0.3, -0.25) is 14.0 Å². The van der Waals surface area contributed by atoms with Crippen LogP contribution in [-0.4, -0.2) is 27.1 Å². The SMILES string of the molecule is CCC(CC)NC(=O)CSCc1cc(=O)n2cc(Br)ccc2n1. The lowest BCUT2D eigenvalue weighted by Gasteiger charge is -2.14. The molecular formula is C16H20BrN3O2S. The van der Waals surface area contributed by atoms with Crippen molar-refractivity contribution in [1.82, 2.24) is 14.7 Å². The minimum atomic E-state index is -0.117. The first-order valence-corrected chi connectivity index (χ1v) is 9.53. The Balaban J connectivity index is 1.96. The van der Waals surface area contributed by atoms with Crippen molar-refractivity contribution < 1.29 is 4.79 Å². The third-order valence-corrected chi connectivity index (χ3v) is 4.95. The lowest BCUT2D eigenvalue weighted by Crippen LogP contribution is -2.35. The van der Waals surface area contributed by atoms with Gasteiger partial charge >= 0.3 is 0 Å². The van der Waals surface area contributed by atoms with Gasteiger partial charge in [0, 0.05) is 28.5 Å². The highest BCUT2D eigenvalue weighted by Crippen LogP contribution is 2.12. The molecule has 0 aliphatic carbocycles. The molecule has 0 unspecified atom stereocenters. The van der Waals surface area contributed by atoms with E-state index in [0.29, 0.717) is 22.8 Å². The molecule has 5 nitrogen and oxygen atoms in total. The summed E-state index contributed by atoms with van der Waals surface area (Å²) < 4.78 is 2.33. The summed E-state index contributed by atoms with van der Waals surface area (Å²) in [7, 11) is 0. The largest absolute Gasteiger partial charge is 0.353 e. The van der Waals surface area contributed by atoms with Crippen LogP contribution < -0.4 is 10.9 Å². The van der Waals surface area contributed by atoms with Crippen LogP contribution in [0.2, 0.25) is 0 Å². The molecule has 2 aromatic rings. The van der Waals surface area contributed by atoms with Gasteiger partial charge in [-0.05, 0) is 40.9 Å². The monoisotopic (exact) mass is 397 g/mol. The van der Waals surface area contributed by atoms with Gasteiger partial charge in [0.2, 0.25) is 5.91 Å². The summed E-state index contributed by atoms with van der Waals surface area (Å²) in [6.07, 6.45) is 3.57. The van der Waals surface area contributed by atoms with E-state index < -0.39 is 0 Å². The Morgan fingerprint density at radius 1 is 1.39 bits per heavy atom. The third-order valence-electron chi connectivity index (χ3n) is 3.51. The van der Waals surface area contributed by atoms with E-state index in [9.17, 15) is 9.59 Å². The van der Waals surface area contributed by atoms with Crippen molar-refractivity contribution in [3.05, 3.63) is 44.9 Å². The van der Waals surface area contributed by atoms with Gasteiger partial charge in [-0.2, -0.15) is 0 Å². The Bertz CT molecular complexity index is 744. The predicted molar refractivity (Wildman–Crippen MR) is 97.8 cm³/mol. The van der Waals surface area contributed by atoms with Gasteiger partial charge in [0.05, 0.1) is 11.4 Å². The Labute approximate surface area is 148 Å². The Morgan fingerprint density at radius 3 is 2.83 bits per heavy atom. The van der Waals surface area contributed by atoms with E-state index in [1.807, 2.05) is 6.07 Å². The highest BCUT2D eigenvalue weighted by Gasteiger charge is 2.09. The number of amides is 1. The van der Waals surface area contributed by atoms with E-state index >= 15 is 0 Å². The maximum atomic E-state index is 12.1. The third kappa shape index (κ3) is 5.07. The molecular weight excluding hydrogens is 378 g/mol. The van der Waals surface area contributed by atoms with Crippen LogP contribution in [0.4, 0.5) is 0 Å². The second-order valence-electron chi connectivity index (χ2n) is 5.23. The van der Waals surface area contributed by atoms with Crippen molar-refractivity contribution in [2.45, 2.75) is 38.5 Å². The summed E-state index contributed by atoms with van der Waals surface area (Å²) in [5, 5.41) is 3.00. The number of hydrogen-bond acceptors (Lipinski definition) is 4. The number of fused-ring (bicyclic) bond motifs is 1. The summed E-state index contributed by atoms with van der Waals surface area (Å²) >= 11 is 4.80. The van der Waals surface area contributed by atoms with Gasteiger partial charge in [-0.1, -0.05) is 13.8 Å². The number of pyridine rings is 1. The van der Waals surface area contributed by atoms with E-state index in [-0.39, 0.29) is 17.5 Å². The minimum Gasteiger partial charge on any atom is -0.353 e. The fourth-order valence-corrected chi connectivity index (χ4v) is 3.28. The fraction of sp³-hybridized carbons (Fsp3) is 0.438. The summed E-state index contributed by atoms with van der Waals surface area (Å²) in [6.45, 7) is 4.12. The molecule has 2 rings (SSSR count). The summed E-state index contributed by atoms with van der Waals surface area (Å²) in [5.74, 6) is 0.945. The molecule has 0 aromatic carbocycles. The van der Waals surface area contributed by atoms with E-state index in [0.717, 1.165) is 17.3 Å². The zero-order valence-corrected chi connectivity index (χ0v) is 15.6. The first kappa shape index (κ1) is 18.0. The molecule has 2 aromatic heterocycles. The summed E-state index contributed by atoms with van der Waals surface area (Å²) in [6, 6.07) is 5.40. The molecule has 0 saturated carbocycles. The van der Waals surface area contributed by atoms with Crippen LogP contribution in [0, 0.1) is 0 Å². The quantitative estimate of drug-likeness (QED) is 0.779. The van der Waals surface area contributed by atoms with E-state index in [2.05, 4.69) is 40.1 Å². The molecule has 0 spiro atoms. The van der Waals surface area contributed by atoms with Crippen molar-refractivity contribution >= 4 is 39.2 Å². The number of rotatable bonds is 7. The van der Waals surface area contributed by atoms with Crippen molar-refractivity contribution in [2.24, 2.45) is 0 Å². The first-order valence-electron chi connectivity index (χ1n) is 7.58. The maximum Gasteiger partial charge on any atom is 0.258 e. The van der Waals surface area contributed by atoms with Crippen LogP contribution in [0.3, 0.4) is 0 Å². The van der Waals surface area contributed by atoms with Crippen LogP contribution in [0.1, 0.15) is 32.4 Å². The van der Waals surface area contributed by atoms with Crippen LogP contribution in [0.15, 0.2) is 33.7 Å². The number of halogens is 1. The van der Waals surface area contributed by atoms with Crippen LogP contribution in [-0.2, 0) is 10.5 Å². The van der Waals surface area contributed by atoms with Gasteiger partial charge in [0.15, 0.2) is 0 Å². The normalized spacial score (nSPS) is 11.1.